The van der Waals surface area contributed by atoms with E-state index in [0.717, 1.165) is 60.9 Å². The Hall–Kier alpha value is -4.01. The second-order valence-electron chi connectivity index (χ2n) is 12.0. The van der Waals surface area contributed by atoms with E-state index in [1.54, 1.807) is 12.1 Å². The average molecular weight is 595 g/mol. The standard InChI is InChI=1S/C38H41F2N2P/c1-24-18-26(3)37(27(4)19-24)41-33-16-14-30(39)22-35(33)43(8,32-12-10-9-11-13-32)36-23-31(40)15-17-34(36)42(7)38-28(5)20-25(2)21-29(38)6/h9-23,41,43H,1-8H3. The van der Waals surface area contributed by atoms with Crippen molar-refractivity contribution < 1.29 is 8.78 Å². The van der Waals surface area contributed by atoms with Crippen LogP contribution in [0.5, 0.6) is 0 Å². The maximum atomic E-state index is 15.4. The second kappa shape index (κ2) is 11.9. The van der Waals surface area contributed by atoms with Gasteiger partial charge in [-0.2, -0.15) is 0 Å². The van der Waals surface area contributed by atoms with E-state index in [2.05, 4.69) is 94.8 Å². The average Bonchev–Trinajstić information content (AvgIpc) is 2.95. The van der Waals surface area contributed by atoms with Crippen molar-refractivity contribution in [2.24, 2.45) is 0 Å². The molecule has 0 radical (unpaired) electrons. The van der Waals surface area contributed by atoms with E-state index in [4.69, 9.17) is 0 Å². The molecule has 0 aliphatic rings. The van der Waals surface area contributed by atoms with Gasteiger partial charge >= 0.3 is 256 Å². The fourth-order valence-corrected chi connectivity index (χ4v) is 10.9. The molecule has 1 N–H and O–H groups in total. The molecule has 2 nitrogen and oxygen atoms in total. The fourth-order valence-electron chi connectivity index (χ4n) is 6.80. The van der Waals surface area contributed by atoms with E-state index < -0.39 is 7.26 Å². The van der Waals surface area contributed by atoms with E-state index >= 15 is 8.78 Å². The van der Waals surface area contributed by atoms with Crippen LogP contribution in [0.3, 0.4) is 0 Å². The summed E-state index contributed by atoms with van der Waals surface area (Å²) >= 11 is 0. The molecule has 0 saturated heterocycles. The first-order valence-corrected chi connectivity index (χ1v) is 17.2. The monoisotopic (exact) mass is 594 g/mol. The maximum absolute atomic E-state index is 15.4. The third-order valence-electron chi connectivity index (χ3n) is 8.64. The summed E-state index contributed by atoms with van der Waals surface area (Å²) in [6.07, 6.45) is 0. The Kier molecular flexibility index (Phi) is 8.45. The topological polar surface area (TPSA) is 15.3 Å². The van der Waals surface area contributed by atoms with Crippen LogP contribution in [0.4, 0.5) is 31.5 Å². The molecule has 5 heteroatoms. The van der Waals surface area contributed by atoms with Crippen LogP contribution in [0.25, 0.3) is 0 Å². The van der Waals surface area contributed by atoms with Gasteiger partial charge in [-0.25, -0.2) is 0 Å². The molecule has 43 heavy (non-hydrogen) atoms. The van der Waals surface area contributed by atoms with E-state index in [1.807, 2.05) is 37.4 Å². The number of anilines is 4. The number of aryl methyl sites for hydroxylation is 6. The van der Waals surface area contributed by atoms with Gasteiger partial charge in [0.05, 0.1) is 0 Å². The predicted octanol–water partition coefficient (Wildman–Crippen LogP) is 8.98. The fraction of sp³-hybridized carbons (Fsp3) is 0.211. The van der Waals surface area contributed by atoms with Gasteiger partial charge in [0.25, 0.3) is 0 Å². The molecule has 0 aromatic heterocycles. The Morgan fingerprint density at radius 3 is 1.70 bits per heavy atom. The molecule has 222 valence electrons. The molecule has 0 fully saturated rings. The molecule has 0 bridgehead atoms. The van der Waals surface area contributed by atoms with Crippen molar-refractivity contribution in [2.75, 3.05) is 23.9 Å². The van der Waals surface area contributed by atoms with Crippen LogP contribution in [-0.4, -0.2) is 13.7 Å². The molecule has 5 aromatic rings. The first-order valence-electron chi connectivity index (χ1n) is 14.7. The SMILES string of the molecule is Cc1cc(C)c(Nc2ccc(F)cc2[PH](C)(c2ccccc2)c2cc(F)ccc2N(C)c2c(C)cc(C)cc2C)c(C)c1. The van der Waals surface area contributed by atoms with E-state index in [0.29, 0.717) is 0 Å². The molecule has 0 amide bonds. The Morgan fingerprint density at radius 2 is 1.12 bits per heavy atom. The Bertz CT molecular complexity index is 1770. The second-order valence-corrected chi connectivity index (χ2v) is 16.0. The van der Waals surface area contributed by atoms with E-state index in [-0.39, 0.29) is 11.6 Å². The number of benzene rings is 5. The van der Waals surface area contributed by atoms with Gasteiger partial charge in [-0.05, 0) is 0 Å². The van der Waals surface area contributed by atoms with Crippen molar-refractivity contribution >= 4 is 45.9 Å². The van der Waals surface area contributed by atoms with E-state index in [1.165, 1.54) is 23.3 Å². The number of halogens is 2. The first-order chi connectivity index (χ1) is 20.4. The molecule has 0 aliphatic carbocycles. The van der Waals surface area contributed by atoms with Gasteiger partial charge in [-0.1, -0.05) is 0 Å². The van der Waals surface area contributed by atoms with Crippen LogP contribution in [-0.2, 0) is 0 Å². The first kappa shape index (κ1) is 30.4. The molecular formula is C38H41F2N2P. The van der Waals surface area contributed by atoms with Crippen molar-refractivity contribution in [3.05, 3.63) is 136 Å². The third kappa shape index (κ3) is 5.82. The van der Waals surface area contributed by atoms with Crippen LogP contribution < -0.4 is 26.1 Å². The molecular weight excluding hydrogens is 553 g/mol. The number of hydrogen-bond donors (Lipinski definition) is 1. The van der Waals surface area contributed by atoms with Crippen molar-refractivity contribution in [3.8, 4) is 0 Å². The predicted molar refractivity (Wildman–Crippen MR) is 185 cm³/mol. The summed E-state index contributed by atoms with van der Waals surface area (Å²) in [7, 11) is -1.01. The Morgan fingerprint density at radius 1 is 0.605 bits per heavy atom. The van der Waals surface area contributed by atoms with Crippen LogP contribution in [0, 0.1) is 53.2 Å². The molecule has 0 heterocycles. The van der Waals surface area contributed by atoms with Gasteiger partial charge in [0.1, 0.15) is 0 Å². The number of nitrogens with one attached hydrogen (secondary N) is 1. The van der Waals surface area contributed by atoms with Gasteiger partial charge in [-0.3, -0.25) is 0 Å². The van der Waals surface area contributed by atoms with Crippen molar-refractivity contribution in [3.63, 3.8) is 0 Å². The van der Waals surface area contributed by atoms with Gasteiger partial charge in [0, 0.05) is 0 Å². The van der Waals surface area contributed by atoms with Gasteiger partial charge in [0.15, 0.2) is 0 Å². The summed E-state index contributed by atoms with van der Waals surface area (Å²) in [6.45, 7) is 14.8. The normalized spacial score (nSPS) is 11.9. The Labute approximate surface area is 255 Å². The zero-order valence-electron chi connectivity index (χ0n) is 26.4. The summed E-state index contributed by atoms with van der Waals surface area (Å²) in [4.78, 5) is 2.17. The Balaban J connectivity index is 1.81. The molecule has 0 saturated carbocycles. The zero-order chi connectivity index (χ0) is 31.1. The molecule has 5 rings (SSSR count). The molecule has 5 aromatic carbocycles. The summed E-state index contributed by atoms with van der Waals surface area (Å²) in [5, 5.41) is 6.50. The van der Waals surface area contributed by atoms with Crippen LogP contribution in [0.1, 0.15) is 33.4 Å². The number of rotatable bonds is 7. The number of hydrogen-bond acceptors (Lipinski definition) is 2. The van der Waals surface area contributed by atoms with Gasteiger partial charge < -0.3 is 0 Å². The molecule has 0 atom stereocenters. The van der Waals surface area contributed by atoms with Crippen molar-refractivity contribution in [2.45, 2.75) is 41.5 Å². The summed E-state index contributed by atoms with van der Waals surface area (Å²) in [6, 6.07) is 28.9. The van der Waals surface area contributed by atoms with Gasteiger partial charge in [-0.15, -0.1) is 0 Å². The minimum absolute atomic E-state index is 0.310. The summed E-state index contributed by atoms with van der Waals surface area (Å²) in [5.41, 5.74) is 10.8. The summed E-state index contributed by atoms with van der Waals surface area (Å²) in [5.74, 6) is -0.626. The van der Waals surface area contributed by atoms with Crippen LogP contribution >= 0.6 is 7.26 Å². The van der Waals surface area contributed by atoms with Crippen molar-refractivity contribution in [1.29, 1.82) is 0 Å². The van der Waals surface area contributed by atoms with Crippen molar-refractivity contribution in [1.82, 2.24) is 0 Å². The van der Waals surface area contributed by atoms with Crippen LogP contribution in [0.15, 0.2) is 91.0 Å². The van der Waals surface area contributed by atoms with E-state index in [9.17, 15) is 0 Å². The third-order valence-corrected chi connectivity index (χ3v) is 13.1. The zero-order valence-corrected chi connectivity index (χ0v) is 27.4. The number of nitrogens with zero attached hydrogens (tertiary/aromatic N) is 1. The van der Waals surface area contributed by atoms with Gasteiger partial charge in [0.2, 0.25) is 0 Å². The molecule has 0 spiro atoms. The molecule has 0 aliphatic heterocycles. The minimum atomic E-state index is -3.05. The summed E-state index contributed by atoms with van der Waals surface area (Å²) < 4.78 is 30.7. The molecule has 0 unspecified atom stereocenters. The van der Waals surface area contributed by atoms with Crippen LogP contribution in [0.2, 0.25) is 0 Å². The quantitative estimate of drug-likeness (QED) is 0.189.